The molecular weight excluding hydrogens is 456 g/mol. The summed E-state index contributed by atoms with van der Waals surface area (Å²) in [5, 5.41) is 0. The first kappa shape index (κ1) is 24.4. The Morgan fingerprint density at radius 1 is 0.629 bits per heavy atom. The molecule has 178 valence electrons. The topological polar surface area (TPSA) is 66.5 Å². The molecule has 0 fully saturated rings. The van der Waals surface area contributed by atoms with Gasteiger partial charge in [-0.1, -0.05) is 109 Å². The van der Waals surface area contributed by atoms with Gasteiger partial charge in [-0.15, -0.1) is 0 Å². The lowest BCUT2D eigenvalue weighted by Crippen LogP contribution is -2.49. The first-order chi connectivity index (χ1) is 17.0. The molecule has 0 aromatic heterocycles. The first-order valence-electron chi connectivity index (χ1n) is 11.5. The first-order valence-corrected chi connectivity index (χ1v) is 13.0. The molecule has 35 heavy (non-hydrogen) atoms. The van der Waals surface area contributed by atoms with Gasteiger partial charge in [0.05, 0.1) is 4.90 Å². The molecular formula is C29H28N2O3S. The molecule has 0 aliphatic carbocycles. The Bertz CT molecular complexity index is 1270. The van der Waals surface area contributed by atoms with E-state index in [4.69, 9.17) is 0 Å². The van der Waals surface area contributed by atoms with Crippen molar-refractivity contribution in [3.63, 3.8) is 0 Å². The second kappa shape index (κ2) is 11.6. The van der Waals surface area contributed by atoms with Gasteiger partial charge in [0, 0.05) is 13.1 Å². The molecule has 0 aliphatic rings. The zero-order valence-corrected chi connectivity index (χ0v) is 20.1. The third kappa shape index (κ3) is 6.88. The van der Waals surface area contributed by atoms with Crippen LogP contribution in [0.4, 0.5) is 0 Å². The Balaban J connectivity index is 1.66. The van der Waals surface area contributed by atoms with E-state index in [9.17, 15) is 13.2 Å². The number of hydrogen-bond acceptors (Lipinski definition) is 3. The van der Waals surface area contributed by atoms with Gasteiger partial charge in [0.25, 0.3) is 0 Å². The van der Waals surface area contributed by atoms with E-state index < -0.39 is 16.1 Å². The van der Waals surface area contributed by atoms with Crippen molar-refractivity contribution in [2.75, 3.05) is 0 Å². The molecule has 0 aliphatic heterocycles. The number of rotatable bonds is 10. The molecule has 0 bridgehead atoms. The molecule has 0 saturated heterocycles. The fraction of sp³-hybridized carbons (Fsp3) is 0.138. The van der Waals surface area contributed by atoms with Gasteiger partial charge in [-0.3, -0.25) is 4.79 Å². The lowest BCUT2D eigenvalue weighted by Gasteiger charge is -2.28. The van der Waals surface area contributed by atoms with Gasteiger partial charge >= 0.3 is 0 Å². The van der Waals surface area contributed by atoms with Crippen LogP contribution in [0, 0.1) is 0 Å². The van der Waals surface area contributed by atoms with E-state index >= 15 is 0 Å². The van der Waals surface area contributed by atoms with E-state index in [2.05, 4.69) is 4.72 Å². The number of carbonyl (C=O) groups is 1. The number of amides is 1. The number of benzene rings is 4. The lowest BCUT2D eigenvalue weighted by atomic mass is 10.0. The molecule has 4 aromatic carbocycles. The second-order valence-corrected chi connectivity index (χ2v) is 10.1. The molecule has 1 atom stereocenters. The van der Waals surface area contributed by atoms with Crippen LogP contribution in [0.2, 0.25) is 0 Å². The van der Waals surface area contributed by atoms with Crippen molar-refractivity contribution in [1.82, 2.24) is 9.62 Å². The van der Waals surface area contributed by atoms with Gasteiger partial charge in [0.15, 0.2) is 0 Å². The molecule has 1 amide bonds. The summed E-state index contributed by atoms with van der Waals surface area (Å²) in [5.74, 6) is -0.277. The Hall–Kier alpha value is -3.74. The third-order valence-electron chi connectivity index (χ3n) is 5.68. The molecule has 4 rings (SSSR count). The summed E-state index contributed by atoms with van der Waals surface area (Å²) in [6.07, 6.45) is 0.242. The number of sulfonamides is 1. The van der Waals surface area contributed by atoms with Crippen LogP contribution in [0.1, 0.15) is 16.7 Å². The van der Waals surface area contributed by atoms with Crippen LogP contribution < -0.4 is 4.72 Å². The van der Waals surface area contributed by atoms with E-state index in [1.807, 2.05) is 91.0 Å². The van der Waals surface area contributed by atoms with Crippen molar-refractivity contribution >= 4 is 15.9 Å². The van der Waals surface area contributed by atoms with Crippen LogP contribution in [-0.4, -0.2) is 25.3 Å². The van der Waals surface area contributed by atoms with Crippen molar-refractivity contribution in [2.45, 2.75) is 30.4 Å². The molecule has 1 N–H and O–H groups in total. The number of carbonyl (C=O) groups excluding carboxylic acids is 1. The summed E-state index contributed by atoms with van der Waals surface area (Å²) in [4.78, 5) is 15.8. The molecule has 6 heteroatoms. The molecule has 0 spiro atoms. The number of hydrogen-bond donors (Lipinski definition) is 1. The number of nitrogens with zero attached hydrogens (tertiary/aromatic N) is 1. The minimum Gasteiger partial charge on any atom is -0.333 e. The molecule has 0 heterocycles. The zero-order valence-electron chi connectivity index (χ0n) is 19.3. The van der Waals surface area contributed by atoms with Crippen LogP contribution in [-0.2, 0) is 34.3 Å². The summed E-state index contributed by atoms with van der Waals surface area (Å²) < 4.78 is 29.1. The summed E-state index contributed by atoms with van der Waals surface area (Å²) in [6.45, 7) is 0.736. The molecule has 0 radical (unpaired) electrons. The van der Waals surface area contributed by atoms with E-state index in [0.29, 0.717) is 13.1 Å². The molecule has 5 nitrogen and oxygen atoms in total. The summed E-state index contributed by atoms with van der Waals surface area (Å²) in [7, 11) is -3.90. The average Bonchev–Trinajstić information content (AvgIpc) is 2.90. The summed E-state index contributed by atoms with van der Waals surface area (Å²) in [5.41, 5.74) is 2.82. The van der Waals surface area contributed by atoms with Crippen molar-refractivity contribution in [1.29, 1.82) is 0 Å². The van der Waals surface area contributed by atoms with Gasteiger partial charge in [0.1, 0.15) is 6.04 Å². The smallest absolute Gasteiger partial charge is 0.241 e. The van der Waals surface area contributed by atoms with Gasteiger partial charge in [-0.25, -0.2) is 8.42 Å². The van der Waals surface area contributed by atoms with Crippen LogP contribution in [0.3, 0.4) is 0 Å². The van der Waals surface area contributed by atoms with Crippen LogP contribution >= 0.6 is 0 Å². The SMILES string of the molecule is O=C(C(Cc1ccccc1)NS(=O)(=O)c1ccccc1)N(Cc1ccccc1)Cc1ccccc1. The maximum atomic E-state index is 14.0. The highest BCUT2D eigenvalue weighted by Gasteiger charge is 2.30. The van der Waals surface area contributed by atoms with Crippen LogP contribution in [0.5, 0.6) is 0 Å². The third-order valence-corrected chi connectivity index (χ3v) is 7.16. The van der Waals surface area contributed by atoms with E-state index in [1.165, 1.54) is 12.1 Å². The Labute approximate surface area is 207 Å². The monoisotopic (exact) mass is 484 g/mol. The Kier molecular flexibility index (Phi) is 8.08. The van der Waals surface area contributed by atoms with Crippen molar-refractivity contribution in [3.8, 4) is 0 Å². The van der Waals surface area contributed by atoms with Gasteiger partial charge in [-0.2, -0.15) is 4.72 Å². The fourth-order valence-corrected chi connectivity index (χ4v) is 5.13. The summed E-state index contributed by atoms with van der Waals surface area (Å²) >= 11 is 0. The molecule has 1 unspecified atom stereocenters. The standard InChI is InChI=1S/C29H28N2O3S/c32-29(31(22-25-15-7-2-8-16-25)23-26-17-9-3-10-18-26)28(21-24-13-5-1-6-14-24)30-35(33,34)27-19-11-4-12-20-27/h1-20,28,30H,21-23H2. The van der Waals surface area contributed by atoms with Crippen molar-refractivity contribution in [2.24, 2.45) is 0 Å². The fourth-order valence-electron chi connectivity index (χ4n) is 3.92. The minimum absolute atomic E-state index is 0.128. The highest BCUT2D eigenvalue weighted by molar-refractivity contribution is 7.89. The van der Waals surface area contributed by atoms with Crippen molar-refractivity contribution < 1.29 is 13.2 Å². The maximum absolute atomic E-state index is 14.0. The maximum Gasteiger partial charge on any atom is 0.241 e. The van der Waals surface area contributed by atoms with E-state index in [-0.39, 0.29) is 17.2 Å². The lowest BCUT2D eigenvalue weighted by molar-refractivity contribution is -0.134. The van der Waals surface area contributed by atoms with Crippen LogP contribution in [0.15, 0.2) is 126 Å². The Morgan fingerprint density at radius 2 is 1.03 bits per heavy atom. The van der Waals surface area contributed by atoms with Gasteiger partial charge < -0.3 is 4.90 Å². The second-order valence-electron chi connectivity index (χ2n) is 8.34. The zero-order chi connectivity index (χ0) is 24.5. The predicted molar refractivity (Wildman–Crippen MR) is 138 cm³/mol. The van der Waals surface area contributed by atoms with Gasteiger partial charge in [-0.05, 0) is 35.2 Å². The average molecular weight is 485 g/mol. The quantitative estimate of drug-likeness (QED) is 0.351. The van der Waals surface area contributed by atoms with Gasteiger partial charge in [0.2, 0.25) is 15.9 Å². The normalized spacial score (nSPS) is 12.1. The molecule has 4 aromatic rings. The predicted octanol–water partition coefficient (Wildman–Crippen LogP) is 4.81. The van der Waals surface area contributed by atoms with Crippen LogP contribution in [0.25, 0.3) is 0 Å². The highest BCUT2D eigenvalue weighted by Crippen LogP contribution is 2.16. The summed E-state index contributed by atoms with van der Waals surface area (Å²) in [6, 6.07) is 36.1. The van der Waals surface area contributed by atoms with E-state index in [0.717, 1.165) is 16.7 Å². The van der Waals surface area contributed by atoms with E-state index in [1.54, 1.807) is 23.1 Å². The van der Waals surface area contributed by atoms with Crippen molar-refractivity contribution in [3.05, 3.63) is 138 Å². The Morgan fingerprint density at radius 3 is 1.49 bits per heavy atom. The number of nitrogens with one attached hydrogen (secondary N) is 1. The highest BCUT2D eigenvalue weighted by atomic mass is 32.2. The molecule has 0 saturated carbocycles. The largest absolute Gasteiger partial charge is 0.333 e. The minimum atomic E-state index is -3.90.